The van der Waals surface area contributed by atoms with Gasteiger partial charge >= 0.3 is 0 Å². The molecule has 1 heterocycles. The highest BCUT2D eigenvalue weighted by molar-refractivity contribution is 7.16. The molecule has 1 fully saturated rings. The second kappa shape index (κ2) is 6.95. The quantitative estimate of drug-likeness (QED) is 0.825. The van der Waals surface area contributed by atoms with Gasteiger partial charge in [-0.2, -0.15) is 0 Å². The molecule has 0 radical (unpaired) electrons. The molecule has 112 valence electrons. The first-order valence-electron chi connectivity index (χ1n) is 7.72. The van der Waals surface area contributed by atoms with Gasteiger partial charge in [0.1, 0.15) is 0 Å². The van der Waals surface area contributed by atoms with Crippen molar-refractivity contribution in [3.8, 4) is 0 Å². The monoisotopic (exact) mass is 319 g/mol. The first-order chi connectivity index (χ1) is 10.3. The van der Waals surface area contributed by atoms with Gasteiger partial charge in [-0.15, -0.1) is 11.3 Å². The van der Waals surface area contributed by atoms with Gasteiger partial charge in [-0.1, -0.05) is 41.9 Å². The topological polar surface area (TPSA) is 12.0 Å². The van der Waals surface area contributed by atoms with Crippen molar-refractivity contribution >= 4 is 22.9 Å². The van der Waals surface area contributed by atoms with E-state index in [4.69, 9.17) is 11.6 Å². The molecular formula is C18H22ClNS. The maximum absolute atomic E-state index is 6.08. The minimum Gasteiger partial charge on any atom is -0.317 e. The molecule has 1 N–H and O–H groups in total. The van der Waals surface area contributed by atoms with E-state index in [1.807, 2.05) is 6.07 Å². The average Bonchev–Trinajstić information content (AvgIpc) is 2.93. The lowest BCUT2D eigenvalue weighted by Gasteiger charge is -2.36. The molecule has 1 aliphatic carbocycles. The average molecular weight is 320 g/mol. The molecule has 1 saturated carbocycles. The number of halogens is 1. The number of hydrogen-bond donors (Lipinski definition) is 1. The highest BCUT2D eigenvalue weighted by atomic mass is 35.5. The number of nitrogens with one attached hydrogen (secondary N) is 1. The van der Waals surface area contributed by atoms with Crippen molar-refractivity contribution in [1.82, 2.24) is 5.32 Å². The molecule has 3 atom stereocenters. The number of rotatable bonds is 4. The second-order valence-corrected chi connectivity index (χ2v) is 7.79. The zero-order chi connectivity index (χ0) is 14.7. The van der Waals surface area contributed by atoms with E-state index in [0.29, 0.717) is 17.9 Å². The van der Waals surface area contributed by atoms with Crippen LogP contribution in [0.3, 0.4) is 0 Å². The van der Waals surface area contributed by atoms with Gasteiger partial charge in [-0.3, -0.25) is 0 Å². The molecule has 0 amide bonds. The third-order valence-corrected chi connectivity index (χ3v) is 5.97. The molecule has 3 rings (SSSR count). The summed E-state index contributed by atoms with van der Waals surface area (Å²) in [5.74, 6) is 1.40. The summed E-state index contributed by atoms with van der Waals surface area (Å²) < 4.78 is 0.904. The Morgan fingerprint density at radius 2 is 1.95 bits per heavy atom. The van der Waals surface area contributed by atoms with E-state index in [1.165, 1.54) is 29.7 Å². The standard InChI is InChI=1S/C18H22ClNS/c1-20-17-9-7-14(13-5-3-2-4-6-13)11-15(17)12-16-8-10-18(19)21-16/h2-6,8,10,14-15,17,20H,7,9,11-12H2,1H3. The minimum atomic E-state index is 0.630. The number of hydrogen-bond acceptors (Lipinski definition) is 2. The lowest BCUT2D eigenvalue weighted by molar-refractivity contribution is 0.249. The maximum atomic E-state index is 6.08. The van der Waals surface area contributed by atoms with Gasteiger partial charge in [0.2, 0.25) is 0 Å². The predicted molar refractivity (Wildman–Crippen MR) is 92.4 cm³/mol. The summed E-state index contributed by atoms with van der Waals surface area (Å²) in [6.45, 7) is 0. The summed E-state index contributed by atoms with van der Waals surface area (Å²) in [7, 11) is 2.10. The Morgan fingerprint density at radius 1 is 1.14 bits per heavy atom. The smallest absolute Gasteiger partial charge is 0.0931 e. The Labute approximate surface area is 136 Å². The van der Waals surface area contributed by atoms with Crippen molar-refractivity contribution < 1.29 is 0 Å². The van der Waals surface area contributed by atoms with E-state index >= 15 is 0 Å². The van der Waals surface area contributed by atoms with Crippen LogP contribution in [-0.2, 0) is 6.42 Å². The molecule has 1 aliphatic rings. The fourth-order valence-corrected chi connectivity index (χ4v) is 4.80. The Morgan fingerprint density at radius 3 is 2.62 bits per heavy atom. The zero-order valence-corrected chi connectivity index (χ0v) is 14.0. The molecule has 3 unspecified atom stereocenters. The van der Waals surface area contributed by atoms with Crippen LogP contribution in [0.25, 0.3) is 0 Å². The van der Waals surface area contributed by atoms with Crippen LogP contribution in [0, 0.1) is 5.92 Å². The lowest BCUT2D eigenvalue weighted by Crippen LogP contribution is -2.39. The summed E-state index contributed by atoms with van der Waals surface area (Å²) in [5.41, 5.74) is 1.50. The van der Waals surface area contributed by atoms with Crippen LogP contribution in [0.2, 0.25) is 4.34 Å². The molecule has 1 aromatic carbocycles. The van der Waals surface area contributed by atoms with Gasteiger partial charge in [0.15, 0.2) is 0 Å². The molecule has 0 aliphatic heterocycles. The fraction of sp³-hybridized carbons (Fsp3) is 0.444. The van der Waals surface area contributed by atoms with E-state index in [0.717, 1.165) is 10.8 Å². The molecule has 21 heavy (non-hydrogen) atoms. The highest BCUT2D eigenvalue weighted by Gasteiger charge is 2.30. The largest absolute Gasteiger partial charge is 0.317 e. The van der Waals surface area contributed by atoms with E-state index < -0.39 is 0 Å². The summed E-state index contributed by atoms with van der Waals surface area (Å²) in [5, 5.41) is 3.52. The van der Waals surface area contributed by atoms with Gasteiger partial charge in [0.05, 0.1) is 4.34 Å². The molecule has 1 nitrogen and oxygen atoms in total. The molecular weight excluding hydrogens is 298 g/mol. The van der Waals surface area contributed by atoms with Crippen molar-refractivity contribution in [3.63, 3.8) is 0 Å². The summed E-state index contributed by atoms with van der Waals surface area (Å²) in [6, 6.07) is 15.8. The predicted octanol–water partition coefficient (Wildman–Crippen LogP) is 5.12. The third kappa shape index (κ3) is 3.68. The van der Waals surface area contributed by atoms with Gasteiger partial charge < -0.3 is 5.32 Å². The van der Waals surface area contributed by atoms with Crippen LogP contribution in [-0.4, -0.2) is 13.1 Å². The summed E-state index contributed by atoms with van der Waals surface area (Å²) in [6.07, 6.45) is 4.97. The zero-order valence-electron chi connectivity index (χ0n) is 12.4. The van der Waals surface area contributed by atoms with E-state index in [-0.39, 0.29) is 0 Å². The summed E-state index contributed by atoms with van der Waals surface area (Å²) in [4.78, 5) is 1.42. The molecule has 2 aromatic rings. The Hall–Kier alpha value is -0.830. The molecule has 0 bridgehead atoms. The van der Waals surface area contributed by atoms with Gasteiger partial charge in [0, 0.05) is 10.9 Å². The van der Waals surface area contributed by atoms with Crippen molar-refractivity contribution in [1.29, 1.82) is 0 Å². The van der Waals surface area contributed by atoms with Crippen LogP contribution >= 0.6 is 22.9 Å². The maximum Gasteiger partial charge on any atom is 0.0931 e. The van der Waals surface area contributed by atoms with Crippen molar-refractivity contribution in [2.24, 2.45) is 5.92 Å². The van der Waals surface area contributed by atoms with Crippen molar-refractivity contribution in [2.75, 3.05) is 7.05 Å². The fourth-order valence-electron chi connectivity index (χ4n) is 3.62. The van der Waals surface area contributed by atoms with Gasteiger partial charge in [-0.25, -0.2) is 0 Å². The van der Waals surface area contributed by atoms with Crippen LogP contribution in [0.15, 0.2) is 42.5 Å². The van der Waals surface area contributed by atoms with Crippen LogP contribution in [0.5, 0.6) is 0 Å². The lowest BCUT2D eigenvalue weighted by atomic mass is 9.74. The van der Waals surface area contributed by atoms with Gasteiger partial charge in [0.25, 0.3) is 0 Å². The van der Waals surface area contributed by atoms with Crippen molar-refractivity contribution in [3.05, 3.63) is 57.2 Å². The van der Waals surface area contributed by atoms with Crippen LogP contribution < -0.4 is 5.32 Å². The molecule has 3 heteroatoms. The first-order valence-corrected chi connectivity index (χ1v) is 8.92. The highest BCUT2D eigenvalue weighted by Crippen LogP contribution is 2.38. The molecule has 0 spiro atoms. The SMILES string of the molecule is CNC1CCC(c2ccccc2)CC1Cc1ccc(Cl)s1. The van der Waals surface area contributed by atoms with Gasteiger partial charge in [-0.05, 0) is 62.3 Å². The van der Waals surface area contributed by atoms with Crippen LogP contribution in [0.4, 0.5) is 0 Å². The Bertz CT molecular complexity index is 566. The first kappa shape index (κ1) is 15.1. The van der Waals surface area contributed by atoms with E-state index in [9.17, 15) is 0 Å². The molecule has 0 saturated heterocycles. The van der Waals surface area contributed by atoms with Crippen LogP contribution in [0.1, 0.15) is 35.6 Å². The second-order valence-electron chi connectivity index (χ2n) is 5.99. The minimum absolute atomic E-state index is 0.630. The Balaban J connectivity index is 1.72. The Kier molecular flexibility index (Phi) is 4.99. The third-order valence-electron chi connectivity index (χ3n) is 4.72. The van der Waals surface area contributed by atoms with Crippen molar-refractivity contribution in [2.45, 2.75) is 37.6 Å². The number of benzene rings is 1. The van der Waals surface area contributed by atoms with E-state index in [2.05, 4.69) is 48.8 Å². The summed E-state index contributed by atoms with van der Waals surface area (Å²) >= 11 is 7.80. The molecule has 1 aromatic heterocycles. The normalized spacial score (nSPS) is 25.9. The van der Waals surface area contributed by atoms with E-state index in [1.54, 1.807) is 11.3 Å². The number of thiophene rings is 1.